The lowest BCUT2D eigenvalue weighted by atomic mass is 10.1. The van der Waals surface area contributed by atoms with Crippen LogP contribution in [0.4, 0.5) is 30.3 Å². The molecule has 0 saturated carbocycles. The second-order valence-corrected chi connectivity index (χ2v) is 21.0. The normalized spacial score (nSPS) is 16.9. The molecule has 0 bridgehead atoms. The van der Waals surface area contributed by atoms with Crippen molar-refractivity contribution in [2.24, 2.45) is 0 Å². The number of methoxy groups -OCH3 is 2. The fraction of sp³-hybridized carbons (Fsp3) is 0.439. The van der Waals surface area contributed by atoms with Crippen LogP contribution in [0.2, 0.25) is 10.0 Å². The molecule has 2 saturated heterocycles. The highest BCUT2D eigenvalue weighted by molar-refractivity contribution is 6.33. The maximum Gasteiger partial charge on any atom is 0.329 e. The number of fused-ring (bicyclic) bond motifs is 2. The Labute approximate surface area is 488 Å². The van der Waals surface area contributed by atoms with Gasteiger partial charge < -0.3 is 60.2 Å². The van der Waals surface area contributed by atoms with Crippen molar-refractivity contribution in [1.82, 2.24) is 49.5 Å². The molecular weight excluding hydrogens is 1120 g/mol. The molecule has 6 aromatic rings. The molecule has 4 aliphatic heterocycles. The zero-order chi connectivity index (χ0) is 58.2. The number of nitrogens with one attached hydrogen (secondary N) is 4. The number of amides is 4. The van der Waals surface area contributed by atoms with Gasteiger partial charge in [-0.3, -0.25) is 18.7 Å². The molecule has 0 aliphatic carbocycles. The monoisotopic (exact) mass is 1190 g/mol. The first-order chi connectivity index (χ1) is 39.5. The lowest BCUT2D eigenvalue weighted by Gasteiger charge is -2.33. The van der Waals surface area contributed by atoms with Crippen LogP contribution in [0.1, 0.15) is 81.6 Å². The molecular formula is C57H68Cl2F2N12O10. The first-order valence-electron chi connectivity index (χ1n) is 26.8. The first-order valence-corrected chi connectivity index (χ1v) is 27.6. The summed E-state index contributed by atoms with van der Waals surface area (Å²) < 4.78 is 52.0. The summed E-state index contributed by atoms with van der Waals surface area (Å²) in [5, 5.41) is 32.6. The van der Waals surface area contributed by atoms with Crippen LogP contribution in [0.5, 0.6) is 11.5 Å². The molecule has 8 heterocycles. The SMILES string of the molecule is C.COc1cc(F)cc([C@@H](CO)NC(=O)[C@@H](C)N2CCc3cc(-c4nc(NC5CCOCC5)ncc4Cl)cn3C2=O)c1.COc1cc(F)cc([C@@H](CO)NC(=O)[C@H](C)N2CCc3cc(-c4nc(NC5CCOCC5)ncc4Cl)cn3C2=O)c1. The molecule has 0 spiro atoms. The third kappa shape index (κ3) is 14.5. The molecule has 26 heteroatoms. The van der Waals surface area contributed by atoms with Gasteiger partial charge in [0.2, 0.25) is 23.7 Å². The van der Waals surface area contributed by atoms with Gasteiger partial charge in [0, 0.05) is 111 Å². The predicted octanol–water partition coefficient (Wildman–Crippen LogP) is 7.44. The number of ether oxygens (including phenoxy) is 4. The summed E-state index contributed by atoms with van der Waals surface area (Å²) in [6.07, 6.45) is 10.8. The number of aliphatic hydroxyl groups excluding tert-OH is 2. The summed E-state index contributed by atoms with van der Waals surface area (Å²) in [5.41, 5.74) is 4.55. The predicted molar refractivity (Wildman–Crippen MR) is 306 cm³/mol. The molecule has 83 heavy (non-hydrogen) atoms. The van der Waals surface area contributed by atoms with Crippen molar-refractivity contribution in [3.8, 4) is 34.0 Å². The van der Waals surface area contributed by atoms with Crippen molar-refractivity contribution in [2.45, 2.75) is 96.1 Å². The van der Waals surface area contributed by atoms with Crippen molar-refractivity contribution in [1.29, 1.82) is 0 Å². The maximum atomic E-state index is 14.0. The Bertz CT molecular complexity index is 3070. The number of anilines is 2. The Morgan fingerprint density at radius 2 is 1.04 bits per heavy atom. The number of aliphatic hydroxyl groups is 2. The van der Waals surface area contributed by atoms with Crippen LogP contribution >= 0.6 is 23.2 Å². The zero-order valence-electron chi connectivity index (χ0n) is 45.5. The second-order valence-electron chi connectivity index (χ2n) is 20.2. The van der Waals surface area contributed by atoms with E-state index in [2.05, 4.69) is 41.2 Å². The third-order valence-corrected chi connectivity index (χ3v) is 15.4. The molecule has 4 aliphatic rings. The number of benzene rings is 2. The van der Waals surface area contributed by atoms with Crippen molar-refractivity contribution in [3.05, 3.63) is 118 Å². The minimum Gasteiger partial charge on any atom is -0.497 e. The Balaban J connectivity index is 0.000000214. The molecule has 22 nitrogen and oxygen atoms in total. The molecule has 0 radical (unpaired) electrons. The number of nitrogens with zero attached hydrogens (tertiary/aromatic N) is 8. The van der Waals surface area contributed by atoms with E-state index in [1.165, 1.54) is 81.9 Å². The van der Waals surface area contributed by atoms with Gasteiger partial charge in [0.25, 0.3) is 0 Å². The van der Waals surface area contributed by atoms with Gasteiger partial charge in [-0.2, -0.15) is 0 Å². The first kappa shape index (κ1) is 61.6. The van der Waals surface area contributed by atoms with Crippen molar-refractivity contribution in [2.75, 3.05) is 77.6 Å². The Kier molecular flexibility index (Phi) is 20.6. The number of halogens is 4. The smallest absolute Gasteiger partial charge is 0.329 e. The number of rotatable bonds is 18. The van der Waals surface area contributed by atoms with Crippen LogP contribution in [-0.2, 0) is 31.9 Å². The van der Waals surface area contributed by atoms with E-state index in [0.717, 1.165) is 37.1 Å². The Hall–Kier alpha value is -7.48. The topological polar surface area (TPSA) is 262 Å². The van der Waals surface area contributed by atoms with Gasteiger partial charge in [-0.15, -0.1) is 0 Å². The molecule has 2 fully saturated rings. The van der Waals surface area contributed by atoms with E-state index < -0.39 is 60.8 Å². The van der Waals surface area contributed by atoms with Crippen LogP contribution in [-0.4, -0.2) is 164 Å². The molecule has 4 aromatic heterocycles. The molecule has 4 atom stereocenters. The zero-order valence-corrected chi connectivity index (χ0v) is 47.1. The lowest BCUT2D eigenvalue weighted by molar-refractivity contribution is -0.126. The fourth-order valence-corrected chi connectivity index (χ4v) is 10.5. The van der Waals surface area contributed by atoms with Crippen LogP contribution in [0.15, 0.2) is 73.3 Å². The van der Waals surface area contributed by atoms with E-state index in [-0.39, 0.29) is 43.1 Å². The van der Waals surface area contributed by atoms with Gasteiger partial charge in [-0.05, 0) is 87.1 Å². The second kappa shape index (κ2) is 27.7. The molecule has 6 N–H and O–H groups in total. The minimum absolute atomic E-state index is 0. The van der Waals surface area contributed by atoms with Crippen LogP contribution in [0, 0.1) is 11.6 Å². The summed E-state index contributed by atoms with van der Waals surface area (Å²) in [5.74, 6) is -0.661. The van der Waals surface area contributed by atoms with Crippen LogP contribution in [0.3, 0.4) is 0 Å². The molecule has 444 valence electrons. The average molecular weight is 1190 g/mol. The summed E-state index contributed by atoms with van der Waals surface area (Å²) >= 11 is 12.9. The lowest BCUT2D eigenvalue weighted by Crippen LogP contribution is -2.53. The highest BCUT2D eigenvalue weighted by Gasteiger charge is 2.35. The average Bonchev–Trinajstić information content (AvgIpc) is 3.71. The number of aromatic nitrogens is 6. The quantitative estimate of drug-likeness (QED) is 0.0488. The standard InChI is InChI=1S/2C28H32ClFN6O5.CH4/c2*1-16(26(38)33-24(15-37)17-9-19(30)12-22(11-17)40-2)35-6-3-21-10-18(14-36(21)28(35)39)25-23(29)13-31-27(34-25)32-20-4-7-41-8-5-20;/h2*9-14,16,20,24,37H,3-8,15H2,1-2H3,(H,33,38)(H,31,32,34);1H4/t16-,24+;16-,24-;/m01./s1. The maximum absolute atomic E-state index is 14.0. The molecule has 10 rings (SSSR count). The summed E-state index contributed by atoms with van der Waals surface area (Å²) in [4.78, 5) is 74.0. The fourth-order valence-electron chi connectivity index (χ4n) is 10.1. The van der Waals surface area contributed by atoms with E-state index >= 15 is 0 Å². The summed E-state index contributed by atoms with van der Waals surface area (Å²) in [7, 11) is 2.80. The van der Waals surface area contributed by atoms with Crippen molar-refractivity contribution >= 4 is 59.0 Å². The number of carbonyl (C=O) groups is 4. The van der Waals surface area contributed by atoms with Crippen LogP contribution in [0.25, 0.3) is 22.5 Å². The van der Waals surface area contributed by atoms with Crippen molar-refractivity contribution < 1.29 is 57.1 Å². The number of hydrogen-bond donors (Lipinski definition) is 6. The molecule has 0 unspecified atom stereocenters. The van der Waals surface area contributed by atoms with Gasteiger partial charge in [-0.25, -0.2) is 38.3 Å². The summed E-state index contributed by atoms with van der Waals surface area (Å²) in [6.45, 7) is 5.63. The third-order valence-electron chi connectivity index (χ3n) is 14.8. The minimum atomic E-state index is -0.882. The van der Waals surface area contributed by atoms with Gasteiger partial charge in [-0.1, -0.05) is 30.6 Å². The highest BCUT2D eigenvalue weighted by Crippen LogP contribution is 2.33. The van der Waals surface area contributed by atoms with E-state index in [1.807, 2.05) is 12.1 Å². The number of hydrogen-bond acceptors (Lipinski definition) is 16. The van der Waals surface area contributed by atoms with E-state index in [9.17, 15) is 38.2 Å². The van der Waals surface area contributed by atoms with Gasteiger partial charge >= 0.3 is 12.1 Å². The van der Waals surface area contributed by atoms with Crippen LogP contribution < -0.4 is 30.7 Å². The number of carbonyl (C=O) groups excluding carboxylic acids is 4. The summed E-state index contributed by atoms with van der Waals surface area (Å²) in [6, 6.07) is 7.84. The Morgan fingerprint density at radius 1 is 0.651 bits per heavy atom. The van der Waals surface area contributed by atoms with Gasteiger partial charge in [0.05, 0.1) is 73.3 Å². The van der Waals surface area contributed by atoms with E-state index in [1.54, 1.807) is 26.2 Å². The van der Waals surface area contributed by atoms with E-state index in [0.29, 0.717) is 108 Å². The highest BCUT2D eigenvalue weighted by atomic mass is 35.5. The van der Waals surface area contributed by atoms with E-state index in [4.69, 9.17) is 42.1 Å². The largest absolute Gasteiger partial charge is 0.497 e. The van der Waals surface area contributed by atoms with Crippen molar-refractivity contribution in [3.63, 3.8) is 0 Å². The Morgan fingerprint density at radius 3 is 1.40 bits per heavy atom. The van der Waals surface area contributed by atoms with Gasteiger partial charge in [0.1, 0.15) is 35.2 Å². The molecule has 2 aromatic carbocycles. The van der Waals surface area contributed by atoms with Gasteiger partial charge in [0.15, 0.2) is 0 Å². The molecule has 4 amide bonds.